The van der Waals surface area contributed by atoms with Gasteiger partial charge in [-0.05, 0) is 53.3 Å². The molecule has 1 aliphatic heterocycles. The number of aromatic nitrogens is 1. The topological polar surface area (TPSA) is 86.8 Å². The van der Waals surface area contributed by atoms with Gasteiger partial charge in [0.05, 0.1) is 12.2 Å². The summed E-state index contributed by atoms with van der Waals surface area (Å²) >= 11 is 3.23. The van der Waals surface area contributed by atoms with Crippen molar-refractivity contribution >= 4 is 39.2 Å². The molecule has 1 saturated heterocycles. The highest BCUT2D eigenvalue weighted by Crippen LogP contribution is 2.31. The first kappa shape index (κ1) is 24.0. The average Bonchev–Trinajstić information content (AvgIpc) is 2.71. The molecule has 0 saturated carbocycles. The molecule has 12 heteroatoms. The first-order valence-electron chi connectivity index (χ1n) is 9.62. The highest BCUT2D eigenvalue weighted by Gasteiger charge is 2.32. The van der Waals surface area contributed by atoms with Crippen LogP contribution in [0.25, 0.3) is 0 Å². The van der Waals surface area contributed by atoms with E-state index in [4.69, 9.17) is 0 Å². The van der Waals surface area contributed by atoms with Crippen LogP contribution in [0.3, 0.4) is 0 Å². The molecule has 1 aromatic carbocycles. The second kappa shape index (κ2) is 10.3. The molecule has 2 N–H and O–H groups in total. The maximum absolute atomic E-state index is 12.8. The number of ether oxygens (including phenoxy) is 1. The molecule has 8 nitrogen and oxygen atoms in total. The first-order valence-corrected chi connectivity index (χ1v) is 10.4. The Labute approximate surface area is 190 Å². The highest BCUT2D eigenvalue weighted by atomic mass is 79.9. The van der Waals surface area contributed by atoms with Gasteiger partial charge in [0.1, 0.15) is 5.82 Å². The van der Waals surface area contributed by atoms with Gasteiger partial charge in [-0.2, -0.15) is 0 Å². The number of likely N-dealkylation sites (N-methyl/N-ethyl adjacent to an activating group) is 1. The van der Waals surface area contributed by atoms with Crippen molar-refractivity contribution in [3.63, 3.8) is 0 Å². The van der Waals surface area contributed by atoms with Crippen molar-refractivity contribution in [1.29, 1.82) is 0 Å². The molecular weight excluding hydrogens is 495 g/mol. The number of carbonyl (C=O) groups excluding carboxylic acids is 2. The monoisotopic (exact) mass is 515 g/mol. The van der Waals surface area contributed by atoms with Gasteiger partial charge in [0, 0.05) is 42.4 Å². The number of hydrogen-bond donors (Lipinski definition) is 2. The van der Waals surface area contributed by atoms with Gasteiger partial charge < -0.3 is 20.3 Å². The van der Waals surface area contributed by atoms with E-state index in [9.17, 15) is 22.8 Å². The number of halogens is 4. The number of nitrogens with one attached hydrogen (secondary N) is 2. The van der Waals surface area contributed by atoms with E-state index >= 15 is 0 Å². The van der Waals surface area contributed by atoms with Gasteiger partial charge in [0.15, 0.2) is 5.75 Å². The molecule has 0 bridgehead atoms. The van der Waals surface area contributed by atoms with Crippen LogP contribution in [-0.2, 0) is 4.79 Å². The predicted octanol–water partition coefficient (Wildman–Crippen LogP) is 3.18. The summed E-state index contributed by atoms with van der Waals surface area (Å²) in [5.41, 5.74) is -0.225. The summed E-state index contributed by atoms with van der Waals surface area (Å²) < 4.78 is 43.2. The van der Waals surface area contributed by atoms with Gasteiger partial charge in [0.2, 0.25) is 5.91 Å². The van der Waals surface area contributed by atoms with Crippen molar-refractivity contribution < 1.29 is 27.5 Å². The smallest absolute Gasteiger partial charge is 0.404 e. The zero-order valence-electron chi connectivity index (χ0n) is 17.1. The summed E-state index contributed by atoms with van der Waals surface area (Å²) in [5, 5.41) is 4.98. The lowest BCUT2D eigenvalue weighted by atomic mass is 10.1. The van der Waals surface area contributed by atoms with Gasteiger partial charge in [-0.25, -0.2) is 4.98 Å². The van der Waals surface area contributed by atoms with E-state index in [0.717, 1.165) is 29.7 Å². The summed E-state index contributed by atoms with van der Waals surface area (Å²) in [6.07, 6.45) is -3.47. The average molecular weight is 516 g/mol. The molecule has 2 aromatic rings. The van der Waals surface area contributed by atoms with E-state index in [-0.39, 0.29) is 23.6 Å². The Morgan fingerprint density at radius 3 is 2.47 bits per heavy atom. The Hall–Kier alpha value is -2.70. The van der Waals surface area contributed by atoms with Crippen LogP contribution in [0.5, 0.6) is 5.75 Å². The molecular formula is C20H21BrF3N5O3. The number of piperazine rings is 1. The molecule has 1 fully saturated rings. The fourth-order valence-electron chi connectivity index (χ4n) is 3.02. The number of rotatable bonds is 6. The zero-order valence-corrected chi connectivity index (χ0v) is 18.7. The highest BCUT2D eigenvalue weighted by molar-refractivity contribution is 9.10. The van der Waals surface area contributed by atoms with Crippen LogP contribution in [-0.4, -0.2) is 72.7 Å². The van der Waals surface area contributed by atoms with E-state index in [1.54, 1.807) is 12.1 Å². The van der Waals surface area contributed by atoms with Gasteiger partial charge >= 0.3 is 6.36 Å². The fourth-order valence-corrected chi connectivity index (χ4v) is 3.25. The number of pyridine rings is 1. The molecule has 0 atom stereocenters. The minimum absolute atomic E-state index is 0.0124. The fraction of sp³-hybridized carbons (Fsp3) is 0.350. The maximum atomic E-state index is 12.8. The van der Waals surface area contributed by atoms with Gasteiger partial charge in [-0.1, -0.05) is 0 Å². The number of nitrogens with zero attached hydrogens (tertiary/aromatic N) is 3. The third kappa shape index (κ3) is 7.18. The standard InChI is InChI=1S/C20H21BrF3N5O3/c1-28-6-8-29(9-7-28)12-18(30)26-15-10-13(2-4-16(15)32-20(22,23)24)19(31)27-17-5-3-14(21)11-25-17/h2-5,10-11H,6-9,12H2,1H3,(H,26,30)(H,25,27,31). The van der Waals surface area contributed by atoms with Gasteiger partial charge in [-0.3, -0.25) is 14.5 Å². The molecule has 172 valence electrons. The van der Waals surface area contributed by atoms with Crippen LogP contribution in [0.4, 0.5) is 24.7 Å². The van der Waals surface area contributed by atoms with Crippen molar-refractivity contribution in [2.75, 3.05) is 50.4 Å². The number of carbonyl (C=O) groups is 2. The largest absolute Gasteiger partial charge is 0.573 e. The van der Waals surface area contributed by atoms with Crippen LogP contribution in [0.15, 0.2) is 41.0 Å². The summed E-state index contributed by atoms with van der Waals surface area (Å²) in [6, 6.07) is 6.53. The van der Waals surface area contributed by atoms with E-state index < -0.39 is 23.9 Å². The first-order chi connectivity index (χ1) is 15.1. The number of hydrogen-bond acceptors (Lipinski definition) is 6. The Morgan fingerprint density at radius 2 is 1.84 bits per heavy atom. The number of amides is 2. The maximum Gasteiger partial charge on any atom is 0.573 e. The molecule has 0 unspecified atom stereocenters. The minimum Gasteiger partial charge on any atom is -0.404 e. The lowest BCUT2D eigenvalue weighted by Gasteiger charge is -2.31. The summed E-state index contributed by atoms with van der Waals surface area (Å²) in [5.74, 6) is -1.46. The van der Waals surface area contributed by atoms with E-state index in [2.05, 4.69) is 41.2 Å². The lowest BCUT2D eigenvalue weighted by Crippen LogP contribution is -2.47. The molecule has 0 spiro atoms. The minimum atomic E-state index is -4.96. The van der Waals surface area contributed by atoms with Crippen molar-refractivity contribution in [2.45, 2.75) is 6.36 Å². The van der Waals surface area contributed by atoms with Crippen LogP contribution in [0, 0.1) is 0 Å². The molecule has 2 amide bonds. The van der Waals surface area contributed by atoms with Crippen LogP contribution >= 0.6 is 15.9 Å². The molecule has 3 rings (SSSR count). The Morgan fingerprint density at radius 1 is 1.12 bits per heavy atom. The van der Waals surface area contributed by atoms with E-state index in [0.29, 0.717) is 13.1 Å². The van der Waals surface area contributed by atoms with Crippen molar-refractivity contribution in [2.24, 2.45) is 0 Å². The summed E-state index contributed by atoms with van der Waals surface area (Å²) in [7, 11) is 1.97. The van der Waals surface area contributed by atoms with Crippen LogP contribution in [0.2, 0.25) is 0 Å². The number of benzene rings is 1. The molecule has 0 radical (unpaired) electrons. The van der Waals surface area contributed by atoms with Crippen LogP contribution < -0.4 is 15.4 Å². The van der Waals surface area contributed by atoms with Gasteiger partial charge in [-0.15, -0.1) is 13.2 Å². The molecule has 1 aliphatic rings. The van der Waals surface area contributed by atoms with E-state index in [1.165, 1.54) is 12.3 Å². The van der Waals surface area contributed by atoms with Crippen molar-refractivity contribution in [3.05, 3.63) is 46.6 Å². The molecule has 1 aromatic heterocycles. The van der Waals surface area contributed by atoms with Crippen LogP contribution in [0.1, 0.15) is 10.4 Å². The molecule has 0 aliphatic carbocycles. The summed E-state index contributed by atoms with van der Waals surface area (Å²) in [6.45, 7) is 2.92. The third-order valence-electron chi connectivity index (χ3n) is 4.67. The third-order valence-corrected chi connectivity index (χ3v) is 5.14. The second-order valence-electron chi connectivity index (χ2n) is 7.20. The lowest BCUT2D eigenvalue weighted by molar-refractivity contribution is -0.274. The molecule has 32 heavy (non-hydrogen) atoms. The van der Waals surface area contributed by atoms with Crippen molar-refractivity contribution in [1.82, 2.24) is 14.8 Å². The second-order valence-corrected chi connectivity index (χ2v) is 8.12. The predicted molar refractivity (Wildman–Crippen MR) is 116 cm³/mol. The van der Waals surface area contributed by atoms with Crippen molar-refractivity contribution in [3.8, 4) is 5.75 Å². The Kier molecular flexibility index (Phi) is 7.69. The number of anilines is 2. The van der Waals surface area contributed by atoms with Gasteiger partial charge in [0.25, 0.3) is 5.91 Å². The Balaban J connectivity index is 1.75. The normalized spacial score (nSPS) is 15.3. The Bertz CT molecular complexity index is 964. The number of alkyl halides is 3. The van der Waals surface area contributed by atoms with E-state index in [1.807, 2.05) is 11.9 Å². The quantitative estimate of drug-likeness (QED) is 0.614. The zero-order chi connectivity index (χ0) is 23.3. The SMILES string of the molecule is CN1CCN(CC(=O)Nc2cc(C(=O)Nc3ccc(Br)cn3)ccc2OC(F)(F)F)CC1. The summed E-state index contributed by atoms with van der Waals surface area (Å²) in [4.78, 5) is 33.0. The molecule has 2 heterocycles.